The molecule has 0 aromatic heterocycles. The normalized spacial score (nSPS) is 22.5. The zero-order valence-corrected chi connectivity index (χ0v) is 14.7. The van der Waals surface area contributed by atoms with Crippen molar-refractivity contribution in [1.82, 2.24) is 0 Å². The van der Waals surface area contributed by atoms with Gasteiger partial charge in [0.25, 0.3) is 0 Å². The quantitative estimate of drug-likeness (QED) is 0.694. The maximum Gasteiger partial charge on any atom is 0.315 e. The maximum absolute atomic E-state index is 11.3. The average molecular weight is 375 g/mol. The average Bonchev–Trinajstić information content (AvgIpc) is 2.48. The molecule has 0 heterocycles. The van der Waals surface area contributed by atoms with Gasteiger partial charge in [-0.1, -0.05) is 28.8 Å². The summed E-state index contributed by atoms with van der Waals surface area (Å²) in [5.74, 6) is 0.353. The first-order chi connectivity index (χ1) is 9.69. The van der Waals surface area contributed by atoms with E-state index < -0.39 is 0 Å². The van der Waals surface area contributed by atoms with Gasteiger partial charge in [-0.2, -0.15) is 0 Å². The van der Waals surface area contributed by atoms with E-state index in [2.05, 4.69) is 40.2 Å². The number of rotatable bonds is 5. The van der Waals surface area contributed by atoms with Crippen molar-refractivity contribution in [2.24, 2.45) is 0 Å². The largest absolute Gasteiger partial charge is 0.468 e. The molecule has 2 nitrogen and oxygen atoms in total. The molecule has 0 aliphatic heterocycles. The lowest BCUT2D eigenvalue weighted by Gasteiger charge is -2.30. The van der Waals surface area contributed by atoms with Crippen molar-refractivity contribution in [2.75, 3.05) is 12.9 Å². The Morgan fingerprint density at radius 1 is 1.25 bits per heavy atom. The van der Waals surface area contributed by atoms with Crippen LogP contribution in [-0.2, 0) is 9.53 Å². The van der Waals surface area contributed by atoms with E-state index in [0.717, 1.165) is 4.47 Å². The third-order valence-corrected chi connectivity index (χ3v) is 6.89. The molecule has 1 aliphatic carbocycles. The molecule has 2 rings (SSSR count). The predicted molar refractivity (Wildman–Crippen MR) is 90.5 cm³/mol. The van der Waals surface area contributed by atoms with Crippen LogP contribution in [0.15, 0.2) is 33.6 Å². The lowest BCUT2D eigenvalue weighted by Crippen LogP contribution is -2.25. The summed E-state index contributed by atoms with van der Waals surface area (Å²) in [7, 11) is 1.46. The molecule has 2 atom stereocenters. The summed E-state index contributed by atoms with van der Waals surface area (Å²) in [5, 5.41) is 1.15. The van der Waals surface area contributed by atoms with E-state index in [1.807, 2.05) is 11.8 Å². The minimum atomic E-state index is -0.118. The number of ether oxygens (including phenoxy) is 1. The van der Waals surface area contributed by atoms with Crippen LogP contribution >= 0.6 is 39.5 Å². The second-order valence-electron chi connectivity index (χ2n) is 4.82. The Morgan fingerprint density at radius 3 is 2.55 bits per heavy atom. The number of methoxy groups -OCH3 is 1. The van der Waals surface area contributed by atoms with Crippen molar-refractivity contribution in [3.05, 3.63) is 28.7 Å². The van der Waals surface area contributed by atoms with E-state index in [-0.39, 0.29) is 5.97 Å². The monoisotopic (exact) mass is 374 g/mol. The fourth-order valence-electron chi connectivity index (χ4n) is 2.31. The highest BCUT2D eigenvalue weighted by Gasteiger charge is 2.27. The lowest BCUT2D eigenvalue weighted by molar-refractivity contribution is -0.137. The van der Waals surface area contributed by atoms with Crippen LogP contribution in [0.1, 0.15) is 25.7 Å². The number of benzene rings is 1. The Morgan fingerprint density at radius 2 is 1.90 bits per heavy atom. The van der Waals surface area contributed by atoms with Crippen molar-refractivity contribution in [1.29, 1.82) is 0 Å². The van der Waals surface area contributed by atoms with Crippen molar-refractivity contribution < 1.29 is 9.53 Å². The second kappa shape index (κ2) is 8.35. The molecule has 5 heteroatoms. The Bertz CT molecular complexity index is 436. The van der Waals surface area contributed by atoms with Crippen LogP contribution in [0.5, 0.6) is 0 Å². The molecule has 0 radical (unpaired) electrons. The van der Waals surface area contributed by atoms with Crippen molar-refractivity contribution in [3.63, 3.8) is 0 Å². The lowest BCUT2D eigenvalue weighted by atomic mass is 10.00. The van der Waals surface area contributed by atoms with Crippen molar-refractivity contribution >= 4 is 45.4 Å². The molecule has 0 bridgehead atoms. The van der Waals surface area contributed by atoms with E-state index in [1.54, 1.807) is 11.8 Å². The van der Waals surface area contributed by atoms with E-state index in [1.165, 1.54) is 37.7 Å². The molecule has 0 N–H and O–H groups in total. The molecule has 1 fully saturated rings. The molecule has 0 saturated heterocycles. The summed E-state index contributed by atoms with van der Waals surface area (Å²) in [4.78, 5) is 12.6. The molecule has 1 aliphatic rings. The number of hydrogen-bond donors (Lipinski definition) is 0. The van der Waals surface area contributed by atoms with Crippen LogP contribution in [0.3, 0.4) is 0 Å². The second-order valence-corrected chi connectivity index (χ2v) is 8.28. The number of hydrogen-bond acceptors (Lipinski definition) is 4. The molecule has 0 amide bonds. The van der Waals surface area contributed by atoms with Crippen LogP contribution in [0.4, 0.5) is 0 Å². The first-order valence-corrected chi connectivity index (χ1v) is 9.52. The number of thioether (sulfide) groups is 2. The first-order valence-electron chi connectivity index (χ1n) is 6.79. The van der Waals surface area contributed by atoms with E-state index in [0.29, 0.717) is 16.3 Å². The van der Waals surface area contributed by atoms with Gasteiger partial charge in [0.2, 0.25) is 0 Å². The number of carbonyl (C=O) groups excluding carboxylic acids is 1. The molecule has 110 valence electrons. The summed E-state index contributed by atoms with van der Waals surface area (Å²) >= 11 is 7.17. The molecular formula is C15H19BrO2S2. The fraction of sp³-hybridized carbons (Fsp3) is 0.533. The van der Waals surface area contributed by atoms with Gasteiger partial charge in [-0.05, 0) is 37.1 Å². The van der Waals surface area contributed by atoms with Gasteiger partial charge in [0, 0.05) is 19.9 Å². The smallest absolute Gasteiger partial charge is 0.315 e. The molecule has 1 aromatic carbocycles. The molecule has 20 heavy (non-hydrogen) atoms. The minimum absolute atomic E-state index is 0.118. The van der Waals surface area contributed by atoms with Gasteiger partial charge >= 0.3 is 5.97 Å². The van der Waals surface area contributed by atoms with Gasteiger partial charge in [0.05, 0.1) is 12.9 Å². The molecule has 1 aromatic rings. The summed E-state index contributed by atoms with van der Waals surface area (Å²) in [6.07, 6.45) is 5.01. The van der Waals surface area contributed by atoms with Crippen LogP contribution in [0.2, 0.25) is 0 Å². The van der Waals surface area contributed by atoms with Gasteiger partial charge in [-0.25, -0.2) is 0 Å². The zero-order valence-electron chi connectivity index (χ0n) is 11.5. The highest BCUT2D eigenvalue weighted by molar-refractivity contribution is 9.10. The van der Waals surface area contributed by atoms with Crippen LogP contribution in [0, 0.1) is 0 Å². The Kier molecular flexibility index (Phi) is 6.78. The highest BCUT2D eigenvalue weighted by atomic mass is 79.9. The minimum Gasteiger partial charge on any atom is -0.468 e. The number of halogens is 1. The summed E-state index contributed by atoms with van der Waals surface area (Å²) < 4.78 is 5.85. The Hall–Kier alpha value is -0.130. The summed E-state index contributed by atoms with van der Waals surface area (Å²) in [6, 6.07) is 8.49. The Balaban J connectivity index is 1.92. The molecule has 1 saturated carbocycles. The van der Waals surface area contributed by atoms with Gasteiger partial charge < -0.3 is 4.74 Å². The number of esters is 1. The third-order valence-electron chi connectivity index (χ3n) is 3.39. The maximum atomic E-state index is 11.3. The fourth-order valence-corrected chi connectivity index (χ4v) is 5.34. The number of carbonyl (C=O) groups is 1. The summed E-state index contributed by atoms with van der Waals surface area (Å²) in [6.45, 7) is 0. The SMILES string of the molecule is COC(=O)CS[C@@H]1CCCC[C@H]1Sc1ccc(Br)cc1. The molecular weight excluding hydrogens is 356 g/mol. The standard InChI is InChI=1S/C15H19BrO2S2/c1-18-15(17)10-19-13-4-2-3-5-14(13)20-12-8-6-11(16)7-9-12/h6-9,13-14H,2-5,10H2,1H3/t13-,14-/m1/s1. The molecule has 0 unspecified atom stereocenters. The zero-order chi connectivity index (χ0) is 14.4. The molecule has 0 spiro atoms. The van der Waals surface area contributed by atoms with E-state index in [9.17, 15) is 4.79 Å². The van der Waals surface area contributed by atoms with E-state index >= 15 is 0 Å². The van der Waals surface area contributed by atoms with Crippen molar-refractivity contribution in [3.8, 4) is 0 Å². The van der Waals surface area contributed by atoms with Gasteiger partial charge in [-0.15, -0.1) is 23.5 Å². The van der Waals surface area contributed by atoms with Crippen molar-refractivity contribution in [2.45, 2.75) is 41.1 Å². The Labute approximate surface area is 137 Å². The van der Waals surface area contributed by atoms with Crippen LogP contribution < -0.4 is 0 Å². The predicted octanol–water partition coefficient (Wildman–Crippen LogP) is 4.76. The van der Waals surface area contributed by atoms with Crippen LogP contribution in [0.25, 0.3) is 0 Å². The third kappa shape index (κ3) is 5.01. The van der Waals surface area contributed by atoms with Gasteiger partial charge in [0.1, 0.15) is 0 Å². The van der Waals surface area contributed by atoms with Crippen LogP contribution in [-0.4, -0.2) is 29.3 Å². The highest BCUT2D eigenvalue weighted by Crippen LogP contribution is 2.39. The van der Waals surface area contributed by atoms with Gasteiger partial charge in [-0.3, -0.25) is 4.79 Å². The summed E-state index contributed by atoms with van der Waals surface area (Å²) in [5.41, 5.74) is 0. The topological polar surface area (TPSA) is 26.3 Å². The van der Waals surface area contributed by atoms with Gasteiger partial charge in [0.15, 0.2) is 0 Å². The first kappa shape index (κ1) is 16.2. The van der Waals surface area contributed by atoms with E-state index in [4.69, 9.17) is 4.74 Å².